The number of carbonyl (C=O) groups excluding carboxylic acids is 2. The summed E-state index contributed by atoms with van der Waals surface area (Å²) in [6.07, 6.45) is 0. The van der Waals surface area contributed by atoms with E-state index in [1.807, 2.05) is 44.2 Å². The van der Waals surface area contributed by atoms with Crippen LogP contribution < -0.4 is 5.32 Å². The first-order chi connectivity index (χ1) is 12.7. The van der Waals surface area contributed by atoms with Crippen molar-refractivity contribution in [2.75, 3.05) is 11.9 Å². The summed E-state index contributed by atoms with van der Waals surface area (Å²) in [5, 5.41) is 2.96. The van der Waals surface area contributed by atoms with Crippen LogP contribution in [0.15, 0.2) is 36.4 Å². The van der Waals surface area contributed by atoms with Crippen LogP contribution >= 0.6 is 0 Å². The number of carbonyl (C=O) groups is 2. The third-order valence-electron chi connectivity index (χ3n) is 4.58. The van der Waals surface area contributed by atoms with Crippen molar-refractivity contribution in [1.29, 1.82) is 0 Å². The third kappa shape index (κ3) is 5.19. The summed E-state index contributed by atoms with van der Waals surface area (Å²) in [5.74, 6) is -0.260. The fourth-order valence-corrected chi connectivity index (χ4v) is 3.04. The molecule has 0 atom stereocenters. The quantitative estimate of drug-likeness (QED) is 0.701. The number of hydrogen-bond donors (Lipinski definition) is 1. The number of rotatable bonds is 6. The smallest absolute Gasteiger partial charge is 0.338 e. The van der Waals surface area contributed by atoms with E-state index >= 15 is 0 Å². The van der Waals surface area contributed by atoms with Crippen molar-refractivity contribution >= 4 is 17.6 Å². The first-order valence-corrected chi connectivity index (χ1v) is 9.37. The summed E-state index contributed by atoms with van der Waals surface area (Å²) in [6.45, 7) is 11.8. The fourth-order valence-electron chi connectivity index (χ4n) is 3.04. The molecule has 0 unspecified atom stereocenters. The van der Waals surface area contributed by atoms with Crippen LogP contribution in [0.1, 0.15) is 72.1 Å². The highest BCUT2D eigenvalue weighted by Gasteiger charge is 2.18. The lowest BCUT2D eigenvalue weighted by Crippen LogP contribution is -2.23. The van der Waals surface area contributed by atoms with Crippen LogP contribution in [0.5, 0.6) is 0 Å². The molecule has 2 rings (SSSR count). The van der Waals surface area contributed by atoms with Crippen LogP contribution in [-0.2, 0) is 9.53 Å². The van der Waals surface area contributed by atoms with E-state index in [1.165, 1.54) is 0 Å². The van der Waals surface area contributed by atoms with Gasteiger partial charge in [-0.05, 0) is 48.4 Å². The van der Waals surface area contributed by atoms with Crippen molar-refractivity contribution in [2.45, 2.75) is 53.4 Å². The summed E-state index contributed by atoms with van der Waals surface area (Å²) in [5.41, 5.74) is 5.29. The maximum atomic E-state index is 12.5. The van der Waals surface area contributed by atoms with E-state index in [0.29, 0.717) is 5.56 Å². The molecule has 0 saturated carbocycles. The minimum Gasteiger partial charge on any atom is -0.452 e. The lowest BCUT2D eigenvalue weighted by atomic mass is 9.92. The normalized spacial score (nSPS) is 11.0. The first-order valence-electron chi connectivity index (χ1n) is 9.37. The molecule has 0 spiro atoms. The number of para-hydroxylation sites is 1. The second kappa shape index (κ2) is 8.85. The number of anilines is 1. The van der Waals surface area contributed by atoms with Crippen LogP contribution in [0.2, 0.25) is 0 Å². The zero-order valence-electron chi connectivity index (χ0n) is 17.1. The molecule has 0 fully saturated rings. The van der Waals surface area contributed by atoms with Gasteiger partial charge in [0, 0.05) is 5.69 Å². The Morgan fingerprint density at radius 1 is 0.963 bits per heavy atom. The number of esters is 1. The van der Waals surface area contributed by atoms with Gasteiger partial charge in [0.1, 0.15) is 0 Å². The molecule has 0 aromatic heterocycles. The van der Waals surface area contributed by atoms with Crippen molar-refractivity contribution in [2.24, 2.45) is 0 Å². The van der Waals surface area contributed by atoms with Gasteiger partial charge >= 0.3 is 5.97 Å². The molecule has 0 radical (unpaired) electrons. The third-order valence-corrected chi connectivity index (χ3v) is 4.58. The van der Waals surface area contributed by atoms with Gasteiger partial charge in [0.05, 0.1) is 5.56 Å². The Labute approximate surface area is 161 Å². The molecule has 0 aliphatic rings. The summed E-state index contributed by atoms with van der Waals surface area (Å²) in [6, 6.07) is 11.7. The summed E-state index contributed by atoms with van der Waals surface area (Å²) < 4.78 is 5.25. The van der Waals surface area contributed by atoms with Crippen molar-refractivity contribution in [3.8, 4) is 0 Å². The predicted octanol–water partition coefficient (Wildman–Crippen LogP) is 5.35. The maximum Gasteiger partial charge on any atom is 0.338 e. The number of nitrogens with one attached hydrogen (secondary N) is 1. The van der Waals surface area contributed by atoms with Crippen molar-refractivity contribution in [3.63, 3.8) is 0 Å². The van der Waals surface area contributed by atoms with E-state index in [1.54, 1.807) is 6.07 Å². The second-order valence-corrected chi connectivity index (χ2v) is 7.56. The molecule has 0 aliphatic heterocycles. The van der Waals surface area contributed by atoms with Gasteiger partial charge in [0.25, 0.3) is 5.91 Å². The summed E-state index contributed by atoms with van der Waals surface area (Å²) in [7, 11) is 0. The highest BCUT2D eigenvalue weighted by atomic mass is 16.5. The zero-order valence-corrected chi connectivity index (χ0v) is 17.1. The van der Waals surface area contributed by atoms with Crippen molar-refractivity contribution < 1.29 is 14.3 Å². The lowest BCUT2D eigenvalue weighted by Gasteiger charge is -2.20. The van der Waals surface area contributed by atoms with Gasteiger partial charge in [0.15, 0.2) is 6.61 Å². The van der Waals surface area contributed by atoms with Gasteiger partial charge < -0.3 is 10.1 Å². The molecule has 0 aliphatic carbocycles. The van der Waals surface area contributed by atoms with Gasteiger partial charge in [-0.2, -0.15) is 0 Å². The van der Waals surface area contributed by atoms with Gasteiger partial charge in [-0.15, -0.1) is 0 Å². The second-order valence-electron chi connectivity index (χ2n) is 7.56. The highest BCUT2D eigenvalue weighted by Crippen LogP contribution is 2.32. The van der Waals surface area contributed by atoms with Gasteiger partial charge in [-0.3, -0.25) is 4.79 Å². The minimum atomic E-state index is -0.479. The number of amides is 1. The standard InChI is InChI=1S/C23H29NO3/c1-14(2)18-8-7-9-19(15(3)4)22(18)24-21(25)13-27-23(26)20-12-16(5)10-11-17(20)6/h7-12,14-15H,13H2,1-6H3,(H,24,25). The predicted molar refractivity (Wildman–Crippen MR) is 109 cm³/mol. The first kappa shape index (κ1) is 20.7. The largest absolute Gasteiger partial charge is 0.452 e. The number of hydrogen-bond acceptors (Lipinski definition) is 3. The molecule has 0 saturated heterocycles. The van der Waals surface area contributed by atoms with E-state index in [2.05, 4.69) is 33.0 Å². The number of ether oxygens (including phenoxy) is 1. The molecule has 144 valence electrons. The van der Waals surface area contributed by atoms with Crippen molar-refractivity contribution in [3.05, 3.63) is 64.2 Å². The molecular formula is C23H29NO3. The van der Waals surface area contributed by atoms with E-state index in [4.69, 9.17) is 4.74 Å². The average molecular weight is 367 g/mol. The number of aryl methyl sites for hydroxylation is 2. The Balaban J connectivity index is 2.12. The molecular weight excluding hydrogens is 338 g/mol. The van der Waals surface area contributed by atoms with Gasteiger partial charge in [-0.1, -0.05) is 63.6 Å². The van der Waals surface area contributed by atoms with Crippen molar-refractivity contribution in [1.82, 2.24) is 0 Å². The Hall–Kier alpha value is -2.62. The molecule has 4 nitrogen and oxygen atoms in total. The van der Waals surface area contributed by atoms with Crippen LogP contribution in [0.25, 0.3) is 0 Å². The highest BCUT2D eigenvalue weighted by molar-refractivity contribution is 5.97. The Bertz CT molecular complexity index is 811. The maximum absolute atomic E-state index is 12.5. The topological polar surface area (TPSA) is 55.4 Å². The van der Waals surface area contributed by atoms with Crippen LogP contribution in [-0.4, -0.2) is 18.5 Å². The summed E-state index contributed by atoms with van der Waals surface area (Å²) in [4.78, 5) is 24.8. The van der Waals surface area contributed by atoms with Crippen LogP contribution in [0.3, 0.4) is 0 Å². The van der Waals surface area contributed by atoms with E-state index in [0.717, 1.165) is 27.9 Å². The van der Waals surface area contributed by atoms with E-state index < -0.39 is 5.97 Å². The Kier molecular flexibility index (Phi) is 6.78. The molecule has 4 heteroatoms. The minimum absolute atomic E-state index is 0.275. The molecule has 2 aromatic rings. The van der Waals surface area contributed by atoms with E-state index in [-0.39, 0.29) is 24.3 Å². The zero-order chi connectivity index (χ0) is 20.1. The molecule has 1 N–H and O–H groups in total. The summed E-state index contributed by atoms with van der Waals surface area (Å²) >= 11 is 0. The van der Waals surface area contributed by atoms with Crippen LogP contribution in [0, 0.1) is 13.8 Å². The molecule has 2 aromatic carbocycles. The molecule has 0 heterocycles. The SMILES string of the molecule is Cc1ccc(C)c(C(=O)OCC(=O)Nc2c(C(C)C)cccc2C(C)C)c1. The fraction of sp³-hybridized carbons (Fsp3) is 0.391. The number of benzene rings is 2. The van der Waals surface area contributed by atoms with Crippen LogP contribution in [0.4, 0.5) is 5.69 Å². The monoisotopic (exact) mass is 367 g/mol. The lowest BCUT2D eigenvalue weighted by molar-refractivity contribution is -0.119. The molecule has 27 heavy (non-hydrogen) atoms. The van der Waals surface area contributed by atoms with Gasteiger partial charge in [0.2, 0.25) is 0 Å². The Morgan fingerprint density at radius 2 is 1.56 bits per heavy atom. The van der Waals surface area contributed by atoms with E-state index in [9.17, 15) is 9.59 Å². The Morgan fingerprint density at radius 3 is 2.11 bits per heavy atom. The average Bonchev–Trinajstić information content (AvgIpc) is 2.61. The molecule has 0 bridgehead atoms. The molecule has 1 amide bonds. The van der Waals surface area contributed by atoms with Gasteiger partial charge in [-0.25, -0.2) is 4.79 Å².